The van der Waals surface area contributed by atoms with Crippen molar-refractivity contribution in [2.24, 2.45) is 0 Å². The zero-order valence-electron chi connectivity index (χ0n) is 20.2. The number of rotatable bonds is 11. The first-order valence-corrected chi connectivity index (χ1v) is 13.9. The van der Waals surface area contributed by atoms with Gasteiger partial charge < -0.3 is 10.2 Å². The molecule has 8 nitrogen and oxygen atoms in total. The number of hydrogen-bond acceptors (Lipinski definition) is 5. The van der Waals surface area contributed by atoms with E-state index in [1.54, 1.807) is 37.3 Å². The van der Waals surface area contributed by atoms with Gasteiger partial charge in [0.05, 0.1) is 5.56 Å². The molecule has 1 aliphatic rings. The highest BCUT2D eigenvalue weighted by molar-refractivity contribution is 7.90. The minimum absolute atomic E-state index is 0.00604. The van der Waals surface area contributed by atoms with E-state index in [0.717, 1.165) is 17.1 Å². The van der Waals surface area contributed by atoms with Gasteiger partial charge in [-0.15, -0.1) is 0 Å². The molecule has 0 fully saturated rings. The smallest absolute Gasteiger partial charge is 0.269 e. The highest BCUT2D eigenvalue weighted by Gasteiger charge is 2.40. The lowest BCUT2D eigenvalue weighted by molar-refractivity contribution is -0.140. The Hall–Kier alpha value is -2.62. The van der Waals surface area contributed by atoms with Gasteiger partial charge in [-0.1, -0.05) is 54.7 Å². The van der Waals surface area contributed by atoms with Crippen molar-refractivity contribution in [2.45, 2.75) is 57.0 Å². The van der Waals surface area contributed by atoms with Gasteiger partial charge in [0.1, 0.15) is 10.9 Å². The molecule has 3 amide bonds. The Morgan fingerprint density at radius 2 is 1.72 bits per heavy atom. The molecule has 2 aromatic rings. The fraction of sp³-hybridized carbons (Fsp3) is 0.400. The lowest BCUT2D eigenvalue weighted by Crippen LogP contribution is -2.48. The van der Waals surface area contributed by atoms with Gasteiger partial charge in [-0.05, 0) is 44.0 Å². The molecule has 0 bridgehead atoms. The van der Waals surface area contributed by atoms with Crippen LogP contribution in [-0.2, 0) is 26.2 Å². The Kier molecular flexibility index (Phi) is 9.38. The molecular weight excluding hydrogens is 525 g/mol. The molecule has 1 aliphatic heterocycles. The molecule has 2 aromatic carbocycles. The lowest BCUT2D eigenvalue weighted by atomic mass is 10.1. The first-order chi connectivity index (χ1) is 17.1. The lowest BCUT2D eigenvalue weighted by Gasteiger charge is -2.29. The summed E-state index contributed by atoms with van der Waals surface area (Å²) in [4.78, 5) is 40.0. The summed E-state index contributed by atoms with van der Waals surface area (Å²) < 4.78 is 26.3. The van der Waals surface area contributed by atoms with Gasteiger partial charge in [0.25, 0.3) is 15.9 Å². The van der Waals surface area contributed by atoms with E-state index in [9.17, 15) is 22.8 Å². The summed E-state index contributed by atoms with van der Waals surface area (Å²) in [5.74, 6) is -1.31. The maximum atomic E-state index is 13.3. The zero-order valence-corrected chi connectivity index (χ0v) is 22.5. The van der Waals surface area contributed by atoms with Crippen LogP contribution in [0, 0.1) is 0 Å². The van der Waals surface area contributed by atoms with Crippen molar-refractivity contribution < 1.29 is 22.8 Å². The molecule has 1 unspecified atom stereocenters. The summed E-state index contributed by atoms with van der Waals surface area (Å²) in [5.41, 5.74) is 0.631. The largest absolute Gasteiger partial charge is 0.354 e. The number of carbonyl (C=O) groups is 3. The standard InChI is InChI=1S/C25H29Cl2N3O5S/c1-3-4-14-28-24(32)17(2)29(16-19-20(26)10-7-11-21(19)27)23(31)13-8-15-30-25(33)18-9-5-6-12-22(18)36(30,34)35/h5-7,9-12,17H,3-4,8,13-16H2,1-2H3,(H,28,32). The number of hydrogen-bond donors (Lipinski definition) is 1. The molecule has 3 rings (SSSR count). The van der Waals surface area contributed by atoms with Gasteiger partial charge in [-0.25, -0.2) is 12.7 Å². The summed E-state index contributed by atoms with van der Waals surface area (Å²) in [5, 5.41) is 3.56. The van der Waals surface area contributed by atoms with Crippen LogP contribution in [-0.4, -0.2) is 54.5 Å². The Labute approximate surface area is 221 Å². The van der Waals surface area contributed by atoms with Crippen LogP contribution >= 0.6 is 23.2 Å². The van der Waals surface area contributed by atoms with Gasteiger partial charge in [0.15, 0.2) is 0 Å². The van der Waals surface area contributed by atoms with E-state index in [1.807, 2.05) is 6.92 Å². The summed E-state index contributed by atoms with van der Waals surface area (Å²) in [6.07, 6.45) is 1.73. The minimum Gasteiger partial charge on any atom is -0.354 e. The average Bonchev–Trinajstić information content (AvgIpc) is 3.04. The fourth-order valence-electron chi connectivity index (χ4n) is 3.94. The molecular formula is C25H29Cl2N3O5S. The van der Waals surface area contributed by atoms with Crippen LogP contribution in [0.15, 0.2) is 47.4 Å². The van der Waals surface area contributed by atoms with Crippen LogP contribution in [0.1, 0.15) is 55.5 Å². The quantitative estimate of drug-likeness (QED) is 0.419. The van der Waals surface area contributed by atoms with Gasteiger partial charge in [0.2, 0.25) is 11.8 Å². The van der Waals surface area contributed by atoms with Crippen molar-refractivity contribution >= 4 is 50.9 Å². The van der Waals surface area contributed by atoms with Gasteiger partial charge in [-0.3, -0.25) is 14.4 Å². The molecule has 194 valence electrons. The Morgan fingerprint density at radius 1 is 1.06 bits per heavy atom. The first kappa shape index (κ1) is 28.0. The summed E-state index contributed by atoms with van der Waals surface area (Å²) >= 11 is 12.6. The first-order valence-electron chi connectivity index (χ1n) is 11.8. The van der Waals surface area contributed by atoms with Crippen molar-refractivity contribution in [3.05, 3.63) is 63.6 Å². The number of nitrogens with zero attached hydrogens (tertiary/aromatic N) is 2. The van der Waals surface area contributed by atoms with E-state index in [2.05, 4.69) is 5.32 Å². The second-order valence-electron chi connectivity index (χ2n) is 8.52. The Balaban J connectivity index is 1.73. The predicted octanol–water partition coefficient (Wildman–Crippen LogP) is 4.25. The third-order valence-electron chi connectivity index (χ3n) is 6.05. The number of amides is 3. The number of fused-ring (bicyclic) bond motifs is 1. The number of halogens is 2. The molecule has 1 N–H and O–H groups in total. The van der Waals surface area contributed by atoms with Crippen LogP contribution in [0.3, 0.4) is 0 Å². The molecule has 0 saturated heterocycles. The number of nitrogens with one attached hydrogen (secondary N) is 1. The maximum Gasteiger partial charge on any atom is 0.269 e. The van der Waals surface area contributed by atoms with Gasteiger partial charge in [0, 0.05) is 41.7 Å². The highest BCUT2D eigenvalue weighted by atomic mass is 35.5. The Bertz CT molecular complexity index is 1230. The van der Waals surface area contributed by atoms with Crippen molar-refractivity contribution in [1.29, 1.82) is 0 Å². The van der Waals surface area contributed by atoms with Crippen molar-refractivity contribution in [3.63, 3.8) is 0 Å². The molecule has 0 radical (unpaired) electrons. The van der Waals surface area contributed by atoms with E-state index in [1.165, 1.54) is 17.0 Å². The van der Waals surface area contributed by atoms with E-state index < -0.39 is 22.0 Å². The van der Waals surface area contributed by atoms with Crippen LogP contribution in [0.2, 0.25) is 10.0 Å². The van der Waals surface area contributed by atoms with Crippen molar-refractivity contribution in [3.8, 4) is 0 Å². The van der Waals surface area contributed by atoms with E-state index in [0.29, 0.717) is 22.2 Å². The number of carbonyl (C=O) groups excluding carboxylic acids is 3. The van der Waals surface area contributed by atoms with Crippen LogP contribution < -0.4 is 5.32 Å². The normalized spacial score (nSPS) is 14.9. The third-order valence-corrected chi connectivity index (χ3v) is 8.60. The number of sulfonamides is 1. The molecule has 0 saturated carbocycles. The molecule has 0 spiro atoms. The van der Waals surface area contributed by atoms with Crippen LogP contribution in [0.25, 0.3) is 0 Å². The van der Waals surface area contributed by atoms with Gasteiger partial charge in [-0.2, -0.15) is 0 Å². The van der Waals surface area contributed by atoms with Crippen molar-refractivity contribution in [1.82, 2.24) is 14.5 Å². The fourth-order valence-corrected chi connectivity index (χ4v) is 6.07. The average molecular weight is 554 g/mol. The zero-order chi connectivity index (χ0) is 26.5. The summed E-state index contributed by atoms with van der Waals surface area (Å²) in [6.45, 7) is 3.97. The highest BCUT2D eigenvalue weighted by Crippen LogP contribution is 2.30. The second kappa shape index (κ2) is 12.1. The van der Waals surface area contributed by atoms with Crippen molar-refractivity contribution in [2.75, 3.05) is 13.1 Å². The topological polar surface area (TPSA) is 104 Å². The second-order valence-corrected chi connectivity index (χ2v) is 11.2. The molecule has 36 heavy (non-hydrogen) atoms. The number of benzene rings is 2. The molecule has 0 aliphatic carbocycles. The van der Waals surface area contributed by atoms with Crippen LogP contribution in [0.4, 0.5) is 0 Å². The maximum absolute atomic E-state index is 13.3. The molecule has 1 atom stereocenters. The molecule has 1 heterocycles. The predicted molar refractivity (Wildman–Crippen MR) is 138 cm³/mol. The molecule has 0 aromatic heterocycles. The van der Waals surface area contributed by atoms with E-state index in [4.69, 9.17) is 23.2 Å². The summed E-state index contributed by atoms with van der Waals surface area (Å²) in [7, 11) is -3.96. The Morgan fingerprint density at radius 3 is 2.36 bits per heavy atom. The monoisotopic (exact) mass is 553 g/mol. The van der Waals surface area contributed by atoms with E-state index in [-0.39, 0.29) is 48.2 Å². The van der Waals surface area contributed by atoms with Gasteiger partial charge >= 0.3 is 0 Å². The van der Waals surface area contributed by atoms with Crippen LogP contribution in [0.5, 0.6) is 0 Å². The third kappa shape index (κ3) is 6.02. The molecule has 11 heteroatoms. The van der Waals surface area contributed by atoms with E-state index >= 15 is 0 Å². The number of unbranched alkanes of at least 4 members (excludes halogenated alkanes) is 1. The SMILES string of the molecule is CCCCNC(=O)C(C)N(Cc1c(Cl)cccc1Cl)C(=O)CCCN1C(=O)c2ccccc2S1(=O)=O. The summed E-state index contributed by atoms with van der Waals surface area (Å²) in [6, 6.07) is 10.2. The minimum atomic E-state index is -3.96.